The first kappa shape index (κ1) is 24.9. The van der Waals surface area contributed by atoms with E-state index in [2.05, 4.69) is 21.2 Å². The number of nitrogens with one attached hydrogen (secondary N) is 3. The molecule has 0 saturated heterocycles. The minimum Gasteiger partial charge on any atom is -0.493 e. The van der Waals surface area contributed by atoms with E-state index >= 15 is 0 Å². The van der Waals surface area contributed by atoms with Gasteiger partial charge in [-0.05, 0) is 54.1 Å². The molecule has 0 bridgehead atoms. The van der Waals surface area contributed by atoms with Gasteiger partial charge < -0.3 is 20.1 Å². The maximum atomic E-state index is 13.8. The summed E-state index contributed by atoms with van der Waals surface area (Å²) in [6, 6.07) is 17.5. The zero-order valence-electron chi connectivity index (χ0n) is 19.0. The van der Waals surface area contributed by atoms with E-state index in [1.54, 1.807) is 60.7 Å². The van der Waals surface area contributed by atoms with Gasteiger partial charge in [0.15, 0.2) is 11.5 Å². The van der Waals surface area contributed by atoms with Gasteiger partial charge in [-0.3, -0.25) is 14.4 Å². The molecule has 0 heterocycles. The highest BCUT2D eigenvalue weighted by atomic mass is 19.1. The van der Waals surface area contributed by atoms with Gasteiger partial charge in [0.2, 0.25) is 5.91 Å². The number of methoxy groups -OCH3 is 1. The number of carbonyl (C=O) groups is 3. The second kappa shape index (κ2) is 11.9. The smallest absolute Gasteiger partial charge is 0.329 e. The Labute approximate surface area is 200 Å². The summed E-state index contributed by atoms with van der Waals surface area (Å²) >= 11 is 0. The molecule has 0 radical (unpaired) electrons. The first-order chi connectivity index (χ1) is 16.9. The van der Waals surface area contributed by atoms with Gasteiger partial charge in [0.1, 0.15) is 12.4 Å². The van der Waals surface area contributed by atoms with Gasteiger partial charge in [0, 0.05) is 23.9 Å². The summed E-state index contributed by atoms with van der Waals surface area (Å²) in [5.41, 5.74) is 4.05. The summed E-state index contributed by atoms with van der Waals surface area (Å²) in [5.74, 6) is -1.68. The molecule has 3 N–H and O–H groups in total. The van der Waals surface area contributed by atoms with E-state index in [0.29, 0.717) is 34.0 Å². The van der Waals surface area contributed by atoms with Crippen LogP contribution in [0.4, 0.5) is 15.8 Å². The number of halogens is 1. The van der Waals surface area contributed by atoms with Gasteiger partial charge in [0.05, 0.1) is 13.3 Å². The standard InChI is InChI=1S/C25H23FN4O5/c1-16(31)28-19-8-10-20(11-9-19)29-24(32)25(33)30-27-14-17-7-12-22(23(13-17)34-2)35-15-18-5-3-4-6-21(18)26/h3-14H,15H2,1-2H3,(H,28,31)(H,29,32)(H,30,33)/b27-14+. The predicted molar refractivity (Wildman–Crippen MR) is 129 cm³/mol. The van der Waals surface area contributed by atoms with Crippen molar-refractivity contribution in [3.8, 4) is 11.5 Å². The molecule has 0 unspecified atom stereocenters. The third-order valence-corrected chi connectivity index (χ3v) is 4.58. The molecular weight excluding hydrogens is 455 g/mol. The fourth-order valence-electron chi connectivity index (χ4n) is 2.90. The summed E-state index contributed by atoms with van der Waals surface area (Å²) in [5, 5.41) is 8.81. The maximum Gasteiger partial charge on any atom is 0.329 e. The first-order valence-corrected chi connectivity index (χ1v) is 10.4. The van der Waals surface area contributed by atoms with Crippen LogP contribution in [0.15, 0.2) is 71.8 Å². The van der Waals surface area contributed by atoms with Crippen LogP contribution < -0.4 is 25.5 Å². The molecule has 35 heavy (non-hydrogen) atoms. The third kappa shape index (κ3) is 7.39. The number of anilines is 2. The van der Waals surface area contributed by atoms with Crippen LogP contribution in [0.5, 0.6) is 11.5 Å². The largest absolute Gasteiger partial charge is 0.493 e. The number of amides is 3. The van der Waals surface area contributed by atoms with Crippen LogP contribution in [-0.4, -0.2) is 31.0 Å². The Kier molecular flexibility index (Phi) is 8.49. The highest BCUT2D eigenvalue weighted by molar-refractivity contribution is 6.39. The van der Waals surface area contributed by atoms with Crippen molar-refractivity contribution in [2.75, 3.05) is 17.7 Å². The average Bonchev–Trinajstić information content (AvgIpc) is 2.84. The lowest BCUT2D eigenvalue weighted by molar-refractivity contribution is -0.136. The number of hydrogen-bond donors (Lipinski definition) is 3. The lowest BCUT2D eigenvalue weighted by Gasteiger charge is -2.11. The number of hydrogen-bond acceptors (Lipinski definition) is 6. The summed E-state index contributed by atoms with van der Waals surface area (Å²) < 4.78 is 24.7. The third-order valence-electron chi connectivity index (χ3n) is 4.58. The van der Waals surface area contributed by atoms with Gasteiger partial charge in [-0.1, -0.05) is 18.2 Å². The molecule has 9 nitrogen and oxygen atoms in total. The number of carbonyl (C=O) groups excluding carboxylic acids is 3. The molecule has 0 aliphatic heterocycles. The molecule has 0 aliphatic rings. The van der Waals surface area contributed by atoms with Gasteiger partial charge in [-0.25, -0.2) is 9.82 Å². The number of ether oxygens (including phenoxy) is 2. The van der Waals surface area contributed by atoms with E-state index in [9.17, 15) is 18.8 Å². The van der Waals surface area contributed by atoms with Crippen LogP contribution in [0.1, 0.15) is 18.1 Å². The maximum absolute atomic E-state index is 13.8. The quantitative estimate of drug-likeness (QED) is 0.260. The topological polar surface area (TPSA) is 118 Å². The van der Waals surface area contributed by atoms with Crippen LogP contribution in [0.25, 0.3) is 0 Å². The summed E-state index contributed by atoms with van der Waals surface area (Å²) in [6.45, 7) is 1.41. The Hall–Kier alpha value is -4.73. The Morgan fingerprint density at radius 1 is 0.914 bits per heavy atom. The van der Waals surface area contributed by atoms with Crippen molar-refractivity contribution >= 4 is 35.3 Å². The number of rotatable bonds is 8. The first-order valence-electron chi connectivity index (χ1n) is 10.4. The van der Waals surface area contributed by atoms with E-state index < -0.39 is 11.8 Å². The minimum atomic E-state index is -0.969. The zero-order valence-corrected chi connectivity index (χ0v) is 19.0. The Morgan fingerprint density at radius 3 is 2.26 bits per heavy atom. The molecule has 180 valence electrons. The lowest BCUT2D eigenvalue weighted by atomic mass is 10.2. The lowest BCUT2D eigenvalue weighted by Crippen LogP contribution is -2.32. The monoisotopic (exact) mass is 478 g/mol. The fourth-order valence-corrected chi connectivity index (χ4v) is 2.90. The van der Waals surface area contributed by atoms with Gasteiger partial charge in [0.25, 0.3) is 0 Å². The number of hydrazone groups is 1. The van der Waals surface area contributed by atoms with E-state index in [0.717, 1.165) is 0 Å². The fraction of sp³-hybridized carbons (Fsp3) is 0.120. The van der Waals surface area contributed by atoms with Crippen LogP contribution in [0.3, 0.4) is 0 Å². The molecular formula is C25H23FN4O5. The van der Waals surface area contributed by atoms with Crippen molar-refractivity contribution in [3.63, 3.8) is 0 Å². The molecule has 0 aliphatic carbocycles. The van der Waals surface area contributed by atoms with E-state index in [1.165, 1.54) is 26.3 Å². The molecule has 3 aromatic rings. The van der Waals surface area contributed by atoms with E-state index in [1.807, 2.05) is 0 Å². The Balaban J connectivity index is 1.54. The van der Waals surface area contributed by atoms with E-state index in [-0.39, 0.29) is 18.3 Å². The highest BCUT2D eigenvalue weighted by Gasteiger charge is 2.13. The second-order valence-electron chi connectivity index (χ2n) is 7.20. The normalized spacial score (nSPS) is 10.5. The van der Waals surface area contributed by atoms with Crippen molar-refractivity contribution in [2.45, 2.75) is 13.5 Å². The molecule has 3 rings (SSSR count). The summed E-state index contributed by atoms with van der Waals surface area (Å²) in [7, 11) is 1.46. The Bertz CT molecular complexity index is 1240. The van der Waals surface area contributed by atoms with Crippen molar-refractivity contribution < 1.29 is 28.2 Å². The number of nitrogens with zero attached hydrogens (tertiary/aromatic N) is 1. The molecule has 0 fully saturated rings. The van der Waals surface area contributed by atoms with Crippen LogP contribution in [0.2, 0.25) is 0 Å². The van der Waals surface area contributed by atoms with Gasteiger partial charge >= 0.3 is 11.8 Å². The molecule has 3 amide bonds. The van der Waals surface area contributed by atoms with Crippen LogP contribution >= 0.6 is 0 Å². The number of benzene rings is 3. The average molecular weight is 478 g/mol. The van der Waals surface area contributed by atoms with Crippen molar-refractivity contribution in [1.29, 1.82) is 0 Å². The van der Waals surface area contributed by atoms with Crippen molar-refractivity contribution in [2.24, 2.45) is 5.10 Å². The zero-order chi connectivity index (χ0) is 25.2. The molecule has 0 aromatic heterocycles. The molecule has 10 heteroatoms. The van der Waals surface area contributed by atoms with Gasteiger partial charge in [-0.2, -0.15) is 5.10 Å². The highest BCUT2D eigenvalue weighted by Crippen LogP contribution is 2.28. The predicted octanol–water partition coefficient (Wildman–Crippen LogP) is 3.46. The van der Waals surface area contributed by atoms with Crippen molar-refractivity contribution in [3.05, 3.63) is 83.7 Å². The summed E-state index contributed by atoms with van der Waals surface area (Å²) in [6.07, 6.45) is 1.33. The summed E-state index contributed by atoms with van der Waals surface area (Å²) in [4.78, 5) is 35.1. The molecule has 0 spiro atoms. The van der Waals surface area contributed by atoms with Crippen LogP contribution in [0, 0.1) is 5.82 Å². The van der Waals surface area contributed by atoms with Crippen LogP contribution in [-0.2, 0) is 21.0 Å². The Morgan fingerprint density at radius 2 is 1.60 bits per heavy atom. The SMILES string of the molecule is COc1cc(/C=N/NC(=O)C(=O)Nc2ccc(NC(C)=O)cc2)ccc1OCc1ccccc1F. The molecule has 0 atom stereocenters. The second-order valence-corrected chi connectivity index (χ2v) is 7.20. The van der Waals surface area contributed by atoms with Crippen molar-refractivity contribution in [1.82, 2.24) is 5.43 Å². The minimum absolute atomic E-state index is 0.0254. The van der Waals surface area contributed by atoms with Gasteiger partial charge in [-0.15, -0.1) is 0 Å². The molecule has 3 aromatic carbocycles. The molecule has 0 saturated carbocycles. The van der Waals surface area contributed by atoms with E-state index in [4.69, 9.17) is 9.47 Å².